The maximum atomic E-state index is 13.5. The van der Waals surface area contributed by atoms with Crippen LogP contribution in [0.1, 0.15) is 42.2 Å². The summed E-state index contributed by atoms with van der Waals surface area (Å²) in [7, 11) is -0.722. The molecule has 4 fully saturated rings. The van der Waals surface area contributed by atoms with Crippen LogP contribution in [0.4, 0.5) is 5.95 Å². The number of nitrogens with one attached hydrogen (secondary N) is 1. The number of hydrogen-bond acceptors (Lipinski definition) is 15. The summed E-state index contributed by atoms with van der Waals surface area (Å²) >= 11 is 0. The highest BCUT2D eigenvalue weighted by molar-refractivity contribution is 7.45. The van der Waals surface area contributed by atoms with Crippen LogP contribution in [0.25, 0.3) is 11.2 Å². The molecule has 6 aromatic carbocycles. The van der Waals surface area contributed by atoms with E-state index in [-0.39, 0.29) is 68.0 Å². The van der Waals surface area contributed by atoms with Crippen LogP contribution in [0.5, 0.6) is 23.1 Å². The minimum atomic E-state index is -2.36. The van der Waals surface area contributed by atoms with Gasteiger partial charge in [0.05, 0.1) is 52.4 Å². The summed E-state index contributed by atoms with van der Waals surface area (Å²) in [5, 5.41) is 14.9. The second-order valence-electron chi connectivity index (χ2n) is 20.8. The Morgan fingerprint density at radius 1 is 0.802 bits per heavy atom. The molecule has 7 atom stereocenters. The molecule has 2 aromatic heterocycles. The minimum absolute atomic E-state index is 0.0203. The van der Waals surface area contributed by atoms with Crippen LogP contribution in [-0.2, 0) is 33.7 Å². The van der Waals surface area contributed by atoms with Crippen LogP contribution < -0.4 is 34.6 Å². The van der Waals surface area contributed by atoms with E-state index in [0.717, 1.165) is 42.1 Å². The predicted molar refractivity (Wildman–Crippen MR) is 307 cm³/mol. The number of carbonyl (C=O) groups is 1. The Hall–Kier alpha value is -7.56. The number of benzene rings is 6. The maximum absolute atomic E-state index is 13.5. The number of rotatable bonds is 22. The summed E-state index contributed by atoms with van der Waals surface area (Å²) in [6.07, 6.45) is 1.20. The van der Waals surface area contributed by atoms with Crippen molar-refractivity contribution in [3.05, 3.63) is 193 Å². The van der Waals surface area contributed by atoms with E-state index >= 15 is 0 Å². The summed E-state index contributed by atoms with van der Waals surface area (Å²) < 4.78 is 64.4. The van der Waals surface area contributed by atoms with Gasteiger partial charge < -0.3 is 42.2 Å². The molecule has 0 radical (unpaired) electrons. The molecule has 0 saturated carbocycles. The molecular formula is C62H62N7O10PSi. The van der Waals surface area contributed by atoms with Crippen LogP contribution >= 0.6 is 8.53 Å². The van der Waals surface area contributed by atoms with Gasteiger partial charge in [-0.15, -0.1) is 0 Å². The molecule has 8 aromatic rings. The van der Waals surface area contributed by atoms with Gasteiger partial charge in [-0.3, -0.25) is 14.7 Å². The normalized spacial score (nSPS) is 22.3. The number of nitrogens with zero attached hydrogens (tertiary/aromatic N) is 6. The predicted octanol–water partition coefficient (Wildman–Crippen LogP) is 9.20. The molecule has 4 saturated heterocycles. The van der Waals surface area contributed by atoms with Crippen molar-refractivity contribution < 1.29 is 47.0 Å². The molecule has 0 spiro atoms. The Bertz CT molecular complexity index is 3390. The number of amides is 1. The van der Waals surface area contributed by atoms with Crippen molar-refractivity contribution in [3.63, 3.8) is 0 Å². The summed E-state index contributed by atoms with van der Waals surface area (Å²) in [6, 6.07) is 59.9. The van der Waals surface area contributed by atoms with Crippen LogP contribution in [0.15, 0.2) is 176 Å². The largest absolute Gasteiger partial charge is 0.497 e. The van der Waals surface area contributed by atoms with Gasteiger partial charge in [-0.2, -0.15) is 15.2 Å². The first kappa shape index (κ1) is 54.0. The topological polar surface area (TPSA) is 183 Å². The molecule has 0 unspecified atom stereocenters. The fourth-order valence-corrected chi connectivity index (χ4v) is 17.8. The van der Waals surface area contributed by atoms with Gasteiger partial charge in [-0.25, -0.2) is 9.65 Å². The molecule has 19 heteroatoms. The van der Waals surface area contributed by atoms with Gasteiger partial charge in [0.1, 0.15) is 55.3 Å². The van der Waals surface area contributed by atoms with Crippen molar-refractivity contribution in [2.24, 2.45) is 0 Å². The molecule has 4 aliphatic heterocycles. The molecule has 12 rings (SSSR count). The number of nitriles is 1. The van der Waals surface area contributed by atoms with E-state index in [1.807, 2.05) is 84.9 Å². The van der Waals surface area contributed by atoms with Crippen LogP contribution in [0, 0.1) is 11.3 Å². The number of para-hydroxylation sites is 1. The average Bonchev–Trinajstić information content (AvgIpc) is 4.42. The monoisotopic (exact) mass is 1120 g/mol. The molecule has 17 nitrogen and oxygen atoms in total. The second-order valence-corrected chi connectivity index (χ2v) is 26.4. The number of hydrogen-bond donors (Lipinski definition) is 1. The SMILES string of the molecule is COc1ccc(C(OC[C@@]23CO[C@@H]([C@H](n4cnc5c(OCCC#N)nc(NC(=O)COc6ccccc6)nc54)O2)[C@@H]3O[P@@]2O[C@@H](C[Si](C)(c3ccccc3)c3ccccc3)[C@H]3CCCN32)(c2ccccc2)c2ccc(OC)cc2)cc1. The zero-order chi connectivity index (χ0) is 55.4. The Balaban J connectivity index is 0.934. The lowest BCUT2D eigenvalue weighted by Crippen LogP contribution is -2.58. The van der Waals surface area contributed by atoms with Crippen molar-refractivity contribution in [2.75, 3.05) is 52.5 Å². The molecule has 1 N–H and O–H groups in total. The molecule has 0 aliphatic carbocycles. The molecule has 4 aliphatic rings. The van der Waals surface area contributed by atoms with E-state index in [0.29, 0.717) is 17.2 Å². The standard InChI is InChI=1S/C62H62N7O10PSi/c1-71-46-31-27-44(28-32-46)62(43-18-8-4-9-19-43,45-29-33-47(72-2)34-30-45)76-41-61-40-75-55(56(61)79-80-69-36-16-26-51(69)52(78-80)39-81(3,49-22-12-6-13-23-49)50-24-14-7-15-25-50)59(77-61)68-42-64-54-57(68)66-60(67-58(54)73-37-17-35-63)65-53(70)38-74-48-20-10-5-11-21-48/h4-15,18-25,27-34,42,51-52,55-56,59H,16-17,26,36-41H2,1-3H3,(H,65,66,67,70)/t51-,52+,55-,56+,59-,61-,80-/m1/s1. The van der Waals surface area contributed by atoms with Crippen molar-refractivity contribution in [1.82, 2.24) is 24.2 Å². The summed E-state index contributed by atoms with van der Waals surface area (Å²) in [6.45, 7) is 3.09. The fraction of sp³-hybridized carbons (Fsp3) is 0.306. The zero-order valence-corrected chi connectivity index (χ0v) is 47.1. The number of imidazole rings is 1. The van der Waals surface area contributed by atoms with Crippen molar-refractivity contribution in [2.45, 2.75) is 73.6 Å². The molecule has 6 heterocycles. The van der Waals surface area contributed by atoms with E-state index in [9.17, 15) is 10.1 Å². The minimum Gasteiger partial charge on any atom is -0.497 e. The highest BCUT2D eigenvalue weighted by Gasteiger charge is 2.66. The number of fused-ring (bicyclic) bond motifs is 4. The van der Waals surface area contributed by atoms with Gasteiger partial charge in [0.15, 0.2) is 24.0 Å². The van der Waals surface area contributed by atoms with E-state index in [1.165, 1.54) is 10.4 Å². The van der Waals surface area contributed by atoms with Gasteiger partial charge in [0.25, 0.3) is 14.4 Å². The van der Waals surface area contributed by atoms with E-state index in [2.05, 4.69) is 100 Å². The van der Waals surface area contributed by atoms with E-state index < -0.39 is 52.1 Å². The number of anilines is 1. The Morgan fingerprint density at radius 3 is 2.05 bits per heavy atom. The van der Waals surface area contributed by atoms with Gasteiger partial charge in [0, 0.05) is 12.6 Å². The molecule has 1 amide bonds. The fourth-order valence-electron chi connectivity index (χ4n) is 11.8. The Kier molecular flexibility index (Phi) is 15.7. The number of ether oxygens (including phenoxy) is 7. The number of aromatic nitrogens is 4. The van der Waals surface area contributed by atoms with Crippen LogP contribution in [0.2, 0.25) is 12.6 Å². The van der Waals surface area contributed by atoms with Gasteiger partial charge in [-0.1, -0.05) is 150 Å². The molecule has 2 bridgehead atoms. The third kappa shape index (κ3) is 10.6. The third-order valence-electron chi connectivity index (χ3n) is 15.9. The second kappa shape index (κ2) is 23.5. The first-order valence-electron chi connectivity index (χ1n) is 27.2. The molecule has 414 valence electrons. The zero-order valence-electron chi connectivity index (χ0n) is 45.2. The van der Waals surface area contributed by atoms with Crippen molar-refractivity contribution in [3.8, 4) is 29.2 Å². The van der Waals surface area contributed by atoms with Crippen molar-refractivity contribution in [1.29, 1.82) is 5.26 Å². The highest BCUT2D eigenvalue weighted by Crippen LogP contribution is 2.61. The summed E-state index contributed by atoms with van der Waals surface area (Å²) in [4.78, 5) is 27.7. The molecule has 81 heavy (non-hydrogen) atoms. The lowest BCUT2D eigenvalue weighted by molar-refractivity contribution is -0.201. The van der Waals surface area contributed by atoms with Crippen molar-refractivity contribution >= 4 is 50.0 Å². The first-order valence-corrected chi connectivity index (χ1v) is 31.1. The van der Waals surface area contributed by atoms with E-state index in [4.69, 9.17) is 52.2 Å². The van der Waals surface area contributed by atoms with Gasteiger partial charge in [0.2, 0.25) is 11.8 Å². The Morgan fingerprint density at radius 2 is 1.42 bits per heavy atom. The number of carbonyl (C=O) groups excluding carboxylic acids is 1. The maximum Gasteiger partial charge on any atom is 0.264 e. The Labute approximate surface area is 472 Å². The molecular weight excluding hydrogens is 1060 g/mol. The van der Waals surface area contributed by atoms with Crippen LogP contribution in [0.3, 0.4) is 0 Å². The lowest BCUT2D eigenvalue weighted by atomic mass is 9.79. The van der Waals surface area contributed by atoms with Gasteiger partial charge in [-0.05, 0) is 72.0 Å². The third-order valence-corrected chi connectivity index (χ3v) is 22.1. The highest BCUT2D eigenvalue weighted by atomic mass is 31.2. The van der Waals surface area contributed by atoms with Crippen LogP contribution in [-0.4, -0.2) is 115 Å². The lowest BCUT2D eigenvalue weighted by Gasteiger charge is -2.40. The quantitative estimate of drug-likeness (QED) is 0.0293. The average molecular weight is 1120 g/mol. The summed E-state index contributed by atoms with van der Waals surface area (Å²) in [5.74, 6) is 1.44. The van der Waals surface area contributed by atoms with E-state index in [1.54, 1.807) is 37.2 Å². The smallest absolute Gasteiger partial charge is 0.264 e. The summed E-state index contributed by atoms with van der Waals surface area (Å²) in [5.41, 5.74) is 0.669. The van der Waals surface area contributed by atoms with Gasteiger partial charge >= 0.3 is 0 Å². The number of methoxy groups -OCH3 is 2. The first-order chi connectivity index (χ1) is 39.7.